The van der Waals surface area contributed by atoms with Crippen molar-refractivity contribution < 1.29 is 32.2 Å². The van der Waals surface area contributed by atoms with E-state index in [2.05, 4.69) is 9.97 Å². The molecule has 12 nitrogen and oxygen atoms in total. The average molecular weight is 508 g/mol. The third kappa shape index (κ3) is 5.56. The summed E-state index contributed by atoms with van der Waals surface area (Å²) in [6.07, 6.45) is 1.16. The van der Waals surface area contributed by atoms with E-state index in [0.29, 0.717) is 42.0 Å². The van der Waals surface area contributed by atoms with E-state index in [1.165, 1.54) is 11.4 Å². The summed E-state index contributed by atoms with van der Waals surface area (Å²) in [6, 6.07) is 3.53. The number of carbonyl (C=O) groups is 2. The van der Waals surface area contributed by atoms with Crippen LogP contribution in [-0.2, 0) is 26.3 Å². The summed E-state index contributed by atoms with van der Waals surface area (Å²) >= 11 is 0. The van der Waals surface area contributed by atoms with E-state index in [1.54, 1.807) is 37.9 Å². The summed E-state index contributed by atoms with van der Waals surface area (Å²) in [7, 11) is -2.51. The molecule has 1 fully saturated rings. The molecule has 0 aliphatic carbocycles. The molecule has 0 spiro atoms. The lowest BCUT2D eigenvalue weighted by Gasteiger charge is -2.36. The smallest absolute Gasteiger partial charge is 0.422 e. The van der Waals surface area contributed by atoms with Crippen molar-refractivity contribution in [3.05, 3.63) is 23.9 Å². The maximum atomic E-state index is 12.7. The van der Waals surface area contributed by atoms with Gasteiger partial charge < -0.3 is 14.2 Å². The molecule has 0 unspecified atom stereocenters. The third-order valence-electron chi connectivity index (χ3n) is 5.77. The summed E-state index contributed by atoms with van der Waals surface area (Å²) < 4.78 is 43.9. The van der Waals surface area contributed by atoms with E-state index in [-0.39, 0.29) is 25.6 Å². The zero-order valence-electron chi connectivity index (χ0n) is 20.1. The molecule has 13 heteroatoms. The molecular formula is C22H29N5O7S. The molecule has 2 aromatic rings. The predicted octanol–water partition coefficient (Wildman–Crippen LogP) is 2.58. The molecule has 4 rings (SSSR count). The maximum absolute atomic E-state index is 12.7. The number of rotatable bonds is 5. The molecular weight excluding hydrogens is 478 g/mol. The van der Waals surface area contributed by atoms with Crippen LogP contribution in [0, 0.1) is 5.92 Å². The van der Waals surface area contributed by atoms with Crippen molar-refractivity contribution in [2.45, 2.75) is 45.8 Å². The molecule has 0 radical (unpaired) electrons. The molecule has 35 heavy (non-hydrogen) atoms. The fourth-order valence-electron chi connectivity index (χ4n) is 4.16. The molecule has 190 valence electrons. The monoisotopic (exact) mass is 507 g/mol. The second kappa shape index (κ2) is 9.46. The lowest BCUT2D eigenvalue weighted by molar-refractivity contribution is 0.0566. The van der Waals surface area contributed by atoms with Gasteiger partial charge in [0, 0.05) is 42.8 Å². The first-order chi connectivity index (χ1) is 16.5. The number of pyridine rings is 2. The van der Waals surface area contributed by atoms with Crippen molar-refractivity contribution >= 4 is 39.1 Å². The highest BCUT2D eigenvalue weighted by molar-refractivity contribution is 7.87. The van der Waals surface area contributed by atoms with Crippen LogP contribution in [0.4, 0.5) is 15.3 Å². The summed E-state index contributed by atoms with van der Waals surface area (Å²) in [6.45, 7) is 5.83. The van der Waals surface area contributed by atoms with Gasteiger partial charge in [-0.05, 0) is 45.6 Å². The minimum atomic E-state index is -4.03. The highest BCUT2D eigenvalue weighted by atomic mass is 32.2. The van der Waals surface area contributed by atoms with E-state index in [9.17, 15) is 18.0 Å². The first-order valence-corrected chi connectivity index (χ1v) is 12.7. The fraction of sp³-hybridized carbons (Fsp3) is 0.545. The molecule has 0 atom stereocenters. The van der Waals surface area contributed by atoms with Crippen molar-refractivity contribution in [1.29, 1.82) is 0 Å². The number of hydrogen-bond donors (Lipinski definition) is 1. The Hall–Kier alpha value is -3.19. The van der Waals surface area contributed by atoms with Crippen molar-refractivity contribution in [3.8, 4) is 5.88 Å². The molecule has 1 saturated heterocycles. The van der Waals surface area contributed by atoms with Gasteiger partial charge in [0.05, 0.1) is 12.8 Å². The fourth-order valence-corrected chi connectivity index (χ4v) is 5.23. The Morgan fingerprint density at radius 3 is 2.63 bits per heavy atom. The van der Waals surface area contributed by atoms with Crippen LogP contribution in [0.25, 0.3) is 11.0 Å². The number of hydrogen-bond acceptors (Lipinski definition) is 9. The van der Waals surface area contributed by atoms with Gasteiger partial charge in [-0.3, -0.25) is 4.90 Å². The number of methoxy groups -OCH3 is 1. The van der Waals surface area contributed by atoms with Gasteiger partial charge in [-0.15, -0.1) is 0 Å². The van der Waals surface area contributed by atoms with E-state index in [4.69, 9.17) is 14.2 Å². The van der Waals surface area contributed by atoms with Gasteiger partial charge in [0.25, 0.3) is 0 Å². The van der Waals surface area contributed by atoms with E-state index in [0.717, 1.165) is 5.56 Å². The third-order valence-corrected chi connectivity index (χ3v) is 7.24. The Kier molecular flexibility index (Phi) is 6.73. The number of nitrogens with one attached hydrogen (secondary N) is 1. The topological polar surface area (TPSA) is 140 Å². The Labute approximate surface area is 203 Å². The number of fused-ring (bicyclic) bond motifs is 3. The number of nitrogens with zero attached hydrogens (tertiary/aromatic N) is 4. The summed E-state index contributed by atoms with van der Waals surface area (Å²) in [5, 5.41) is 0.710. The predicted molar refractivity (Wildman–Crippen MR) is 126 cm³/mol. The molecule has 2 aliphatic heterocycles. The molecule has 2 amide bonds. The molecule has 0 aromatic carbocycles. The number of piperidine rings is 1. The van der Waals surface area contributed by atoms with Crippen molar-refractivity contribution in [2.75, 3.05) is 31.6 Å². The number of carbonyl (C=O) groups excluding carboxylic acids is 2. The number of cyclic esters (lactones) is 1. The van der Waals surface area contributed by atoms with Crippen LogP contribution in [0.2, 0.25) is 0 Å². The Balaban J connectivity index is 1.46. The second-order valence-electron chi connectivity index (χ2n) is 9.47. The number of aromatic nitrogens is 2. The van der Waals surface area contributed by atoms with Crippen LogP contribution in [0.1, 0.15) is 39.2 Å². The SMILES string of the molecule is COc1ccc2c3c(cnc2n1)COC(=O)N3CC1CCN(S(=O)(=O)NC(=O)OC(C)(C)C)CC1. The van der Waals surface area contributed by atoms with Crippen molar-refractivity contribution in [1.82, 2.24) is 19.0 Å². The van der Waals surface area contributed by atoms with Crippen LogP contribution in [0.15, 0.2) is 18.3 Å². The lowest BCUT2D eigenvalue weighted by atomic mass is 9.96. The molecule has 1 N–H and O–H groups in total. The van der Waals surface area contributed by atoms with E-state index in [1.807, 2.05) is 10.8 Å². The highest BCUT2D eigenvalue weighted by Crippen LogP contribution is 2.35. The molecule has 4 heterocycles. The van der Waals surface area contributed by atoms with Crippen LogP contribution < -0.4 is 14.4 Å². The second-order valence-corrected chi connectivity index (χ2v) is 11.1. The molecule has 2 aromatic heterocycles. The first kappa shape index (κ1) is 24.9. The Morgan fingerprint density at radius 1 is 1.26 bits per heavy atom. The zero-order valence-corrected chi connectivity index (χ0v) is 20.9. The van der Waals surface area contributed by atoms with E-state index >= 15 is 0 Å². The lowest BCUT2D eigenvalue weighted by Crippen LogP contribution is -2.49. The van der Waals surface area contributed by atoms with Gasteiger partial charge in [-0.2, -0.15) is 17.7 Å². The van der Waals surface area contributed by atoms with Gasteiger partial charge in [-0.25, -0.2) is 19.3 Å². The average Bonchev–Trinajstić information content (AvgIpc) is 2.78. The quantitative estimate of drug-likeness (QED) is 0.646. The summed E-state index contributed by atoms with van der Waals surface area (Å²) in [4.78, 5) is 35.0. The van der Waals surface area contributed by atoms with Gasteiger partial charge in [0.15, 0.2) is 5.65 Å². The number of anilines is 1. The van der Waals surface area contributed by atoms with Gasteiger partial charge >= 0.3 is 22.4 Å². The normalized spacial score (nSPS) is 17.6. The summed E-state index contributed by atoms with van der Waals surface area (Å²) in [5.74, 6) is 0.444. The zero-order chi connectivity index (χ0) is 25.4. The highest BCUT2D eigenvalue weighted by Gasteiger charge is 2.35. The van der Waals surface area contributed by atoms with Crippen LogP contribution in [-0.4, -0.2) is 67.2 Å². The first-order valence-electron chi connectivity index (χ1n) is 11.2. The van der Waals surface area contributed by atoms with E-state index < -0.39 is 28.0 Å². The van der Waals surface area contributed by atoms with Gasteiger partial charge in [0.1, 0.15) is 12.2 Å². The van der Waals surface area contributed by atoms with Gasteiger partial charge in [-0.1, -0.05) is 0 Å². The largest absolute Gasteiger partial charge is 0.481 e. The number of amides is 2. The molecule has 2 aliphatic rings. The van der Waals surface area contributed by atoms with Crippen LogP contribution in [0.5, 0.6) is 5.88 Å². The minimum absolute atomic E-state index is 0.0240. The van der Waals surface area contributed by atoms with Crippen molar-refractivity contribution in [3.63, 3.8) is 0 Å². The summed E-state index contributed by atoms with van der Waals surface area (Å²) in [5.41, 5.74) is 1.11. The van der Waals surface area contributed by atoms with Crippen molar-refractivity contribution in [2.24, 2.45) is 5.92 Å². The standard InChI is InChI=1S/C22H29N5O7S/c1-22(2,3)34-20(28)25-35(30,31)26-9-7-14(8-10-26)12-27-18-15(13-33-21(27)29)11-23-19-16(18)5-6-17(24-19)32-4/h5-6,11,14H,7-10,12-13H2,1-4H3,(H,25,28). The van der Waals surface area contributed by atoms with Crippen LogP contribution >= 0.6 is 0 Å². The van der Waals surface area contributed by atoms with Gasteiger partial charge in [0.2, 0.25) is 5.88 Å². The number of ether oxygens (including phenoxy) is 3. The minimum Gasteiger partial charge on any atom is -0.481 e. The Morgan fingerprint density at radius 2 is 1.97 bits per heavy atom. The Bertz CT molecular complexity index is 1240. The molecule has 0 saturated carbocycles. The molecule has 0 bridgehead atoms. The van der Waals surface area contributed by atoms with Crippen LogP contribution in [0.3, 0.4) is 0 Å². The maximum Gasteiger partial charge on any atom is 0.422 e.